The van der Waals surface area contributed by atoms with Crippen molar-refractivity contribution in [3.05, 3.63) is 0 Å². The summed E-state index contributed by atoms with van der Waals surface area (Å²) in [6.45, 7) is 0. The summed E-state index contributed by atoms with van der Waals surface area (Å²) >= 11 is 0. The molecule has 1 aliphatic carbocycles. The molecule has 1 aliphatic rings. The molecule has 1 rings (SSSR count). The van der Waals surface area contributed by atoms with Crippen LogP contribution in [-0.2, 0) is 19.2 Å². The third-order valence-corrected chi connectivity index (χ3v) is 2.97. The van der Waals surface area contributed by atoms with Crippen LogP contribution in [0.3, 0.4) is 0 Å². The van der Waals surface area contributed by atoms with Gasteiger partial charge in [-0.1, -0.05) is 0 Å². The Bertz CT molecular complexity index is 350. The van der Waals surface area contributed by atoms with Crippen LogP contribution in [0.15, 0.2) is 0 Å². The molecule has 0 unspecified atom stereocenters. The lowest BCUT2D eigenvalue weighted by atomic mass is 9.87. The molecule has 0 aliphatic heterocycles. The molecule has 0 aromatic heterocycles. The van der Waals surface area contributed by atoms with E-state index in [1.807, 2.05) is 0 Å². The summed E-state index contributed by atoms with van der Waals surface area (Å²) in [4.78, 5) is 43.4. The van der Waals surface area contributed by atoms with E-state index in [-0.39, 0.29) is 0 Å². The van der Waals surface area contributed by atoms with Crippen molar-refractivity contribution in [3.8, 4) is 0 Å². The number of rotatable bonds is 4. The highest BCUT2D eigenvalue weighted by Gasteiger charge is 2.56. The summed E-state index contributed by atoms with van der Waals surface area (Å²) in [5, 5.41) is 35.2. The first-order valence-electron chi connectivity index (χ1n) is 4.68. The van der Waals surface area contributed by atoms with Crippen molar-refractivity contribution in [2.24, 2.45) is 23.7 Å². The molecule has 94 valence electrons. The van der Waals surface area contributed by atoms with Gasteiger partial charge in [0.1, 0.15) is 0 Å². The van der Waals surface area contributed by atoms with Crippen LogP contribution >= 0.6 is 0 Å². The fourth-order valence-electron chi connectivity index (χ4n) is 2.23. The van der Waals surface area contributed by atoms with Gasteiger partial charge in [-0.05, 0) is 6.42 Å². The first kappa shape index (κ1) is 12.9. The Morgan fingerprint density at radius 3 is 1.12 bits per heavy atom. The van der Waals surface area contributed by atoms with E-state index < -0.39 is 54.0 Å². The lowest BCUT2D eigenvalue weighted by molar-refractivity contribution is -0.160. The second-order valence-corrected chi connectivity index (χ2v) is 3.85. The number of carboxylic acid groups (broad SMARTS) is 4. The molecular formula is C9H10O8. The predicted molar refractivity (Wildman–Crippen MR) is 49.1 cm³/mol. The lowest BCUT2D eigenvalue weighted by Crippen LogP contribution is -2.35. The predicted octanol–water partition coefficient (Wildman–Crippen LogP) is -0.807. The first-order valence-corrected chi connectivity index (χ1v) is 4.68. The van der Waals surface area contributed by atoms with E-state index in [1.165, 1.54) is 0 Å². The molecule has 17 heavy (non-hydrogen) atoms. The van der Waals surface area contributed by atoms with Gasteiger partial charge in [-0.2, -0.15) is 0 Å². The van der Waals surface area contributed by atoms with Crippen LogP contribution in [0.2, 0.25) is 0 Å². The molecule has 0 saturated heterocycles. The standard InChI is InChI=1S/C9H10O8/c10-6(11)2-1-3(7(12)13)5(9(16)17)4(2)8(14)15/h2-5H,1H2,(H,10,11)(H,12,13)(H,14,15)(H,16,17)/t2-,3-,4-,5+/m1/s1. The highest BCUT2D eigenvalue weighted by Crippen LogP contribution is 2.42. The number of hydrogen-bond acceptors (Lipinski definition) is 4. The van der Waals surface area contributed by atoms with Crippen molar-refractivity contribution in [2.75, 3.05) is 0 Å². The van der Waals surface area contributed by atoms with Crippen molar-refractivity contribution in [1.82, 2.24) is 0 Å². The van der Waals surface area contributed by atoms with E-state index in [4.69, 9.17) is 20.4 Å². The van der Waals surface area contributed by atoms with Gasteiger partial charge >= 0.3 is 23.9 Å². The van der Waals surface area contributed by atoms with Crippen molar-refractivity contribution in [1.29, 1.82) is 0 Å². The van der Waals surface area contributed by atoms with Crippen LogP contribution in [0.5, 0.6) is 0 Å². The SMILES string of the molecule is O=C(O)[C@@H]1[C@H](C(=O)O)[C@H](C(=O)O)C[C@H]1C(=O)O. The van der Waals surface area contributed by atoms with Crippen LogP contribution in [-0.4, -0.2) is 44.3 Å². The molecule has 0 aromatic rings. The maximum atomic E-state index is 10.9. The minimum atomic E-state index is -1.72. The van der Waals surface area contributed by atoms with E-state index in [9.17, 15) is 19.2 Å². The largest absolute Gasteiger partial charge is 0.481 e. The number of hydrogen-bond donors (Lipinski definition) is 4. The van der Waals surface area contributed by atoms with Crippen molar-refractivity contribution < 1.29 is 39.6 Å². The van der Waals surface area contributed by atoms with Gasteiger partial charge in [0.2, 0.25) is 0 Å². The highest BCUT2D eigenvalue weighted by molar-refractivity contribution is 5.90. The summed E-state index contributed by atoms with van der Waals surface area (Å²) in [6, 6.07) is 0. The van der Waals surface area contributed by atoms with Gasteiger partial charge in [0, 0.05) is 0 Å². The topological polar surface area (TPSA) is 149 Å². The molecule has 4 N–H and O–H groups in total. The molecule has 1 saturated carbocycles. The van der Waals surface area contributed by atoms with Crippen LogP contribution in [0.1, 0.15) is 6.42 Å². The molecule has 0 aromatic carbocycles. The Balaban J connectivity index is 3.17. The molecule has 8 heteroatoms. The minimum Gasteiger partial charge on any atom is -0.481 e. The summed E-state index contributed by atoms with van der Waals surface area (Å²) < 4.78 is 0. The maximum absolute atomic E-state index is 10.9. The Hall–Kier alpha value is -2.12. The van der Waals surface area contributed by atoms with Gasteiger partial charge in [0.25, 0.3) is 0 Å². The fraction of sp³-hybridized carbons (Fsp3) is 0.556. The zero-order chi connectivity index (χ0) is 13.3. The van der Waals surface area contributed by atoms with Crippen molar-refractivity contribution in [3.63, 3.8) is 0 Å². The molecule has 4 atom stereocenters. The van der Waals surface area contributed by atoms with Crippen LogP contribution in [0, 0.1) is 23.7 Å². The second-order valence-electron chi connectivity index (χ2n) is 3.85. The molecule has 0 heterocycles. The zero-order valence-electron chi connectivity index (χ0n) is 8.44. The Morgan fingerprint density at radius 2 is 0.941 bits per heavy atom. The van der Waals surface area contributed by atoms with Crippen molar-refractivity contribution >= 4 is 23.9 Å². The van der Waals surface area contributed by atoms with Gasteiger partial charge in [0.15, 0.2) is 0 Å². The second kappa shape index (κ2) is 4.40. The van der Waals surface area contributed by atoms with E-state index in [1.54, 1.807) is 0 Å². The minimum absolute atomic E-state index is 0.488. The van der Waals surface area contributed by atoms with Gasteiger partial charge in [-0.25, -0.2) is 0 Å². The summed E-state index contributed by atoms with van der Waals surface area (Å²) in [6.07, 6.45) is -0.488. The third kappa shape index (κ3) is 2.19. The third-order valence-electron chi connectivity index (χ3n) is 2.97. The molecule has 0 radical (unpaired) electrons. The average Bonchev–Trinajstić information content (AvgIpc) is 2.56. The Labute approximate surface area is 94.5 Å². The van der Waals surface area contributed by atoms with Crippen LogP contribution < -0.4 is 0 Å². The van der Waals surface area contributed by atoms with Gasteiger partial charge in [0.05, 0.1) is 23.7 Å². The summed E-state index contributed by atoms with van der Waals surface area (Å²) in [7, 11) is 0. The molecule has 0 bridgehead atoms. The summed E-state index contributed by atoms with van der Waals surface area (Å²) in [5.41, 5.74) is 0. The van der Waals surface area contributed by atoms with Gasteiger partial charge < -0.3 is 20.4 Å². The number of aliphatic carboxylic acids is 4. The number of carbonyl (C=O) groups is 4. The first-order chi connectivity index (χ1) is 7.77. The highest BCUT2D eigenvalue weighted by atomic mass is 16.4. The maximum Gasteiger partial charge on any atom is 0.308 e. The zero-order valence-corrected chi connectivity index (χ0v) is 8.44. The number of carboxylic acids is 4. The van der Waals surface area contributed by atoms with Crippen LogP contribution in [0.25, 0.3) is 0 Å². The average molecular weight is 246 g/mol. The Morgan fingerprint density at radius 1 is 0.647 bits per heavy atom. The van der Waals surface area contributed by atoms with E-state index in [2.05, 4.69) is 0 Å². The van der Waals surface area contributed by atoms with Crippen molar-refractivity contribution in [2.45, 2.75) is 6.42 Å². The molecule has 8 nitrogen and oxygen atoms in total. The monoisotopic (exact) mass is 246 g/mol. The molecule has 0 amide bonds. The van der Waals surface area contributed by atoms with E-state index in [0.29, 0.717) is 0 Å². The lowest BCUT2D eigenvalue weighted by Gasteiger charge is -2.16. The van der Waals surface area contributed by atoms with Gasteiger partial charge in [-0.15, -0.1) is 0 Å². The molecule has 1 fully saturated rings. The van der Waals surface area contributed by atoms with E-state index >= 15 is 0 Å². The Kier molecular flexibility index (Phi) is 3.35. The summed E-state index contributed by atoms with van der Waals surface area (Å²) in [5.74, 6) is -12.6. The fourth-order valence-corrected chi connectivity index (χ4v) is 2.23. The van der Waals surface area contributed by atoms with Crippen LogP contribution in [0.4, 0.5) is 0 Å². The van der Waals surface area contributed by atoms with E-state index in [0.717, 1.165) is 0 Å². The quantitative estimate of drug-likeness (QED) is 0.503. The normalized spacial score (nSPS) is 32.0. The smallest absolute Gasteiger partial charge is 0.308 e. The molecular weight excluding hydrogens is 236 g/mol. The molecule has 0 spiro atoms. The van der Waals surface area contributed by atoms with Gasteiger partial charge in [-0.3, -0.25) is 19.2 Å².